The Bertz CT molecular complexity index is 542. The maximum Gasteiger partial charge on any atom is 0.110 e. The number of nitrogens with zero attached hydrogens (tertiary/aromatic N) is 3. The van der Waals surface area contributed by atoms with Crippen LogP contribution in [0.25, 0.3) is 0 Å². The second kappa shape index (κ2) is 5.17. The number of nitrogens with one attached hydrogen (secondary N) is 2. The zero-order valence-electron chi connectivity index (χ0n) is 11.6. The Kier molecular flexibility index (Phi) is 3.38. The zero-order chi connectivity index (χ0) is 13.2. The van der Waals surface area contributed by atoms with Gasteiger partial charge in [0.1, 0.15) is 5.82 Å². The summed E-state index contributed by atoms with van der Waals surface area (Å²) in [7, 11) is 0. The van der Waals surface area contributed by atoms with Gasteiger partial charge >= 0.3 is 0 Å². The van der Waals surface area contributed by atoms with Crippen LogP contribution in [-0.4, -0.2) is 37.9 Å². The summed E-state index contributed by atoms with van der Waals surface area (Å²) < 4.78 is 0. The first kappa shape index (κ1) is 12.4. The van der Waals surface area contributed by atoms with E-state index in [0.29, 0.717) is 5.92 Å². The molecule has 19 heavy (non-hydrogen) atoms. The number of aromatic amines is 2. The summed E-state index contributed by atoms with van der Waals surface area (Å²) in [6.45, 7) is 7.30. The first-order valence-corrected chi connectivity index (χ1v) is 6.95. The van der Waals surface area contributed by atoms with Gasteiger partial charge in [-0.3, -0.25) is 4.90 Å². The Labute approximate surface area is 113 Å². The normalized spacial score (nSPS) is 20.8. The topological polar surface area (TPSA) is 60.6 Å². The first-order chi connectivity index (χ1) is 9.22. The van der Waals surface area contributed by atoms with Gasteiger partial charge in [-0.2, -0.15) is 0 Å². The molecule has 2 N–H and O–H groups in total. The highest BCUT2D eigenvalue weighted by molar-refractivity contribution is 5.10. The number of hydrogen-bond acceptors (Lipinski definition) is 3. The SMILES string of the molecule is Cc1cnc([C@@H]2CCCN(Cc3nc[nH]c3C)C2)[nH]1. The monoisotopic (exact) mass is 259 g/mol. The summed E-state index contributed by atoms with van der Waals surface area (Å²) in [6.07, 6.45) is 6.16. The molecular weight excluding hydrogens is 238 g/mol. The fourth-order valence-corrected chi connectivity index (χ4v) is 2.82. The fraction of sp³-hybridized carbons (Fsp3) is 0.571. The van der Waals surface area contributed by atoms with Gasteiger partial charge in [0.05, 0.1) is 12.0 Å². The van der Waals surface area contributed by atoms with Crippen molar-refractivity contribution in [3.63, 3.8) is 0 Å². The summed E-state index contributed by atoms with van der Waals surface area (Å²) >= 11 is 0. The van der Waals surface area contributed by atoms with Crippen LogP contribution < -0.4 is 0 Å². The summed E-state index contributed by atoms with van der Waals surface area (Å²) in [6, 6.07) is 0. The van der Waals surface area contributed by atoms with Crippen molar-refractivity contribution < 1.29 is 0 Å². The molecule has 0 radical (unpaired) electrons. The van der Waals surface area contributed by atoms with Crippen molar-refractivity contribution in [1.82, 2.24) is 24.8 Å². The van der Waals surface area contributed by atoms with Crippen molar-refractivity contribution >= 4 is 0 Å². The molecule has 1 saturated heterocycles. The molecule has 2 aromatic rings. The van der Waals surface area contributed by atoms with Crippen molar-refractivity contribution in [3.05, 3.63) is 35.4 Å². The lowest BCUT2D eigenvalue weighted by Gasteiger charge is -2.31. The van der Waals surface area contributed by atoms with E-state index in [-0.39, 0.29) is 0 Å². The predicted molar refractivity (Wildman–Crippen MR) is 73.9 cm³/mol. The number of aromatic nitrogens is 4. The smallest absolute Gasteiger partial charge is 0.110 e. The molecule has 3 heterocycles. The minimum atomic E-state index is 0.529. The van der Waals surface area contributed by atoms with Crippen LogP contribution in [0.15, 0.2) is 12.5 Å². The Hall–Kier alpha value is -1.62. The molecule has 0 aromatic carbocycles. The molecule has 0 unspecified atom stereocenters. The number of H-pyrrole nitrogens is 2. The van der Waals surface area contributed by atoms with Crippen LogP contribution in [0.3, 0.4) is 0 Å². The van der Waals surface area contributed by atoms with Crippen molar-refractivity contribution in [3.8, 4) is 0 Å². The van der Waals surface area contributed by atoms with Gasteiger partial charge in [0, 0.05) is 36.6 Å². The molecule has 1 aliphatic rings. The number of aryl methyl sites for hydroxylation is 2. The number of rotatable bonds is 3. The van der Waals surface area contributed by atoms with Gasteiger partial charge in [0.15, 0.2) is 0 Å². The van der Waals surface area contributed by atoms with Crippen molar-refractivity contribution in [1.29, 1.82) is 0 Å². The van der Waals surface area contributed by atoms with E-state index >= 15 is 0 Å². The van der Waals surface area contributed by atoms with Crippen LogP contribution in [0.5, 0.6) is 0 Å². The molecular formula is C14H21N5. The molecule has 5 heteroatoms. The van der Waals surface area contributed by atoms with Crippen molar-refractivity contribution in [2.45, 2.75) is 39.2 Å². The van der Waals surface area contributed by atoms with Crippen LogP contribution in [0.2, 0.25) is 0 Å². The minimum Gasteiger partial charge on any atom is -0.348 e. The second-order valence-corrected chi connectivity index (χ2v) is 5.50. The van der Waals surface area contributed by atoms with E-state index < -0.39 is 0 Å². The third kappa shape index (κ3) is 2.71. The molecule has 2 aromatic heterocycles. The molecule has 0 bridgehead atoms. The average molecular weight is 259 g/mol. The summed E-state index contributed by atoms with van der Waals surface area (Å²) in [4.78, 5) is 17.9. The van der Waals surface area contributed by atoms with E-state index in [4.69, 9.17) is 0 Å². The van der Waals surface area contributed by atoms with E-state index in [1.165, 1.54) is 18.5 Å². The maximum atomic E-state index is 4.48. The Morgan fingerprint density at radius 3 is 2.95 bits per heavy atom. The van der Waals surface area contributed by atoms with Crippen molar-refractivity contribution in [2.75, 3.05) is 13.1 Å². The highest BCUT2D eigenvalue weighted by atomic mass is 15.1. The number of imidazole rings is 2. The largest absolute Gasteiger partial charge is 0.348 e. The summed E-state index contributed by atoms with van der Waals surface area (Å²) in [5.74, 6) is 1.67. The molecule has 3 rings (SSSR count). The zero-order valence-corrected chi connectivity index (χ0v) is 11.6. The Morgan fingerprint density at radius 1 is 1.37 bits per heavy atom. The van der Waals surface area contributed by atoms with E-state index in [0.717, 1.165) is 36.8 Å². The van der Waals surface area contributed by atoms with Gasteiger partial charge in [-0.1, -0.05) is 0 Å². The number of piperidine rings is 1. The Balaban J connectivity index is 1.66. The summed E-state index contributed by atoms with van der Waals surface area (Å²) in [5.41, 5.74) is 3.49. The molecule has 1 atom stereocenters. The van der Waals surface area contributed by atoms with Gasteiger partial charge in [-0.15, -0.1) is 0 Å². The molecule has 1 aliphatic heterocycles. The summed E-state index contributed by atoms with van der Waals surface area (Å²) in [5, 5.41) is 0. The van der Waals surface area contributed by atoms with Gasteiger partial charge in [-0.25, -0.2) is 9.97 Å². The predicted octanol–water partition coefficient (Wildman–Crippen LogP) is 2.13. The van der Waals surface area contributed by atoms with Crippen LogP contribution >= 0.6 is 0 Å². The number of hydrogen-bond donors (Lipinski definition) is 2. The number of likely N-dealkylation sites (tertiary alicyclic amines) is 1. The molecule has 102 valence electrons. The van der Waals surface area contributed by atoms with Gasteiger partial charge in [0.25, 0.3) is 0 Å². The van der Waals surface area contributed by atoms with Crippen LogP contribution in [0.1, 0.15) is 41.7 Å². The maximum absolute atomic E-state index is 4.48. The van der Waals surface area contributed by atoms with E-state index in [9.17, 15) is 0 Å². The van der Waals surface area contributed by atoms with Crippen LogP contribution in [0, 0.1) is 13.8 Å². The third-order valence-electron chi connectivity index (χ3n) is 3.92. The molecule has 5 nitrogen and oxygen atoms in total. The van der Waals surface area contributed by atoms with Crippen LogP contribution in [-0.2, 0) is 6.54 Å². The van der Waals surface area contributed by atoms with Crippen molar-refractivity contribution in [2.24, 2.45) is 0 Å². The molecule has 0 aliphatic carbocycles. The minimum absolute atomic E-state index is 0.529. The quantitative estimate of drug-likeness (QED) is 0.887. The molecule has 0 amide bonds. The average Bonchev–Trinajstić information content (AvgIpc) is 3.00. The van der Waals surface area contributed by atoms with Gasteiger partial charge in [-0.05, 0) is 33.2 Å². The highest BCUT2D eigenvalue weighted by Gasteiger charge is 2.24. The van der Waals surface area contributed by atoms with Gasteiger partial charge in [0.2, 0.25) is 0 Å². The van der Waals surface area contributed by atoms with Crippen LogP contribution in [0.4, 0.5) is 0 Å². The van der Waals surface area contributed by atoms with E-state index in [1.807, 2.05) is 6.20 Å². The van der Waals surface area contributed by atoms with Gasteiger partial charge < -0.3 is 9.97 Å². The highest BCUT2D eigenvalue weighted by Crippen LogP contribution is 2.25. The van der Waals surface area contributed by atoms with E-state index in [2.05, 4.69) is 38.7 Å². The lowest BCUT2D eigenvalue weighted by atomic mass is 9.97. The standard InChI is InChI=1S/C14H21N5/c1-10-6-15-14(18-10)12-4-3-5-19(7-12)8-13-11(2)16-9-17-13/h6,9,12H,3-5,7-8H2,1-2H3,(H,15,18)(H,16,17)/t12-/m1/s1. The molecule has 0 saturated carbocycles. The third-order valence-corrected chi connectivity index (χ3v) is 3.92. The molecule has 0 spiro atoms. The molecule has 1 fully saturated rings. The first-order valence-electron chi connectivity index (χ1n) is 6.95. The Morgan fingerprint density at radius 2 is 2.26 bits per heavy atom. The lowest BCUT2D eigenvalue weighted by molar-refractivity contribution is 0.195. The van der Waals surface area contributed by atoms with E-state index in [1.54, 1.807) is 6.33 Å². The lowest BCUT2D eigenvalue weighted by Crippen LogP contribution is -2.34. The fourth-order valence-electron chi connectivity index (χ4n) is 2.82. The second-order valence-electron chi connectivity index (χ2n) is 5.50.